The molecule has 34 heavy (non-hydrogen) atoms. The van der Waals surface area contributed by atoms with E-state index < -0.39 is 18.0 Å². The Morgan fingerprint density at radius 1 is 1.00 bits per heavy atom. The number of fused-ring (bicyclic) bond motifs is 3. The lowest BCUT2D eigenvalue weighted by atomic mass is 9.98. The van der Waals surface area contributed by atoms with Crippen LogP contribution in [0, 0.1) is 5.92 Å². The summed E-state index contributed by atoms with van der Waals surface area (Å²) in [5.74, 6) is -2.19. The molecule has 7 nitrogen and oxygen atoms in total. The van der Waals surface area contributed by atoms with Gasteiger partial charge in [-0.2, -0.15) is 0 Å². The molecule has 0 fully saturated rings. The van der Waals surface area contributed by atoms with Crippen LogP contribution in [-0.4, -0.2) is 36.2 Å². The summed E-state index contributed by atoms with van der Waals surface area (Å²) in [6.45, 7) is 1.89. The van der Waals surface area contributed by atoms with Gasteiger partial charge >= 0.3 is 12.1 Å². The number of anilines is 1. The molecule has 1 aliphatic carbocycles. The minimum atomic E-state index is -1.19. The Kier molecular flexibility index (Phi) is 6.84. The Hall–Kier alpha value is -3.84. The molecule has 0 aliphatic heterocycles. The van der Waals surface area contributed by atoms with Crippen LogP contribution in [0.5, 0.6) is 0 Å². The molecule has 174 valence electrons. The molecule has 4 rings (SSSR count). The number of rotatable bonds is 7. The van der Waals surface area contributed by atoms with Crippen molar-refractivity contribution in [1.82, 2.24) is 5.32 Å². The molecule has 8 heteroatoms. The molecule has 1 atom stereocenters. The summed E-state index contributed by atoms with van der Waals surface area (Å²) in [5, 5.41) is 14.5. The average Bonchev–Trinajstić information content (AvgIpc) is 3.16. The van der Waals surface area contributed by atoms with E-state index in [0.717, 1.165) is 22.3 Å². The van der Waals surface area contributed by atoms with E-state index in [-0.39, 0.29) is 35.6 Å². The Bertz CT molecular complexity index is 1210. The van der Waals surface area contributed by atoms with Gasteiger partial charge in [0.05, 0.1) is 16.5 Å². The highest BCUT2D eigenvalue weighted by Gasteiger charge is 2.29. The molecule has 0 spiro atoms. The maximum absolute atomic E-state index is 12.4. The molecular weight excluding hydrogens is 456 g/mol. The zero-order chi connectivity index (χ0) is 24.2. The molecule has 0 saturated heterocycles. The second kappa shape index (κ2) is 9.97. The molecule has 0 saturated carbocycles. The van der Waals surface area contributed by atoms with Crippen molar-refractivity contribution in [1.29, 1.82) is 0 Å². The van der Waals surface area contributed by atoms with Crippen LogP contribution < -0.4 is 10.6 Å². The summed E-state index contributed by atoms with van der Waals surface area (Å²) in [6, 6.07) is 20.3. The number of carboxylic acids is 1. The molecule has 1 unspecified atom stereocenters. The van der Waals surface area contributed by atoms with E-state index in [4.69, 9.17) is 21.4 Å². The van der Waals surface area contributed by atoms with Gasteiger partial charge in [-0.1, -0.05) is 67.1 Å². The topological polar surface area (TPSA) is 105 Å². The van der Waals surface area contributed by atoms with Crippen molar-refractivity contribution in [3.05, 3.63) is 88.4 Å². The average molecular weight is 479 g/mol. The predicted octanol–water partition coefficient (Wildman–Crippen LogP) is 5.15. The quantitative estimate of drug-likeness (QED) is 0.435. The van der Waals surface area contributed by atoms with Gasteiger partial charge in [-0.3, -0.25) is 4.79 Å². The fourth-order valence-electron chi connectivity index (χ4n) is 4.01. The monoisotopic (exact) mass is 478 g/mol. The fourth-order valence-corrected chi connectivity index (χ4v) is 4.21. The number of amides is 2. The van der Waals surface area contributed by atoms with Gasteiger partial charge in [0.1, 0.15) is 6.61 Å². The van der Waals surface area contributed by atoms with Crippen LogP contribution in [0.15, 0.2) is 66.7 Å². The van der Waals surface area contributed by atoms with Gasteiger partial charge in [-0.15, -0.1) is 0 Å². The SMILES string of the molecule is CC(CNC(=O)OCC1c2ccccc2-c2ccccc21)C(=O)Nc1ccc(Cl)c(C(=O)O)c1. The highest BCUT2D eigenvalue weighted by atomic mass is 35.5. The number of benzene rings is 3. The Morgan fingerprint density at radius 3 is 2.24 bits per heavy atom. The summed E-state index contributed by atoms with van der Waals surface area (Å²) >= 11 is 5.85. The van der Waals surface area contributed by atoms with Crippen LogP contribution >= 0.6 is 11.6 Å². The zero-order valence-corrected chi connectivity index (χ0v) is 19.1. The number of carbonyl (C=O) groups excluding carboxylic acids is 2. The van der Waals surface area contributed by atoms with Crippen LogP contribution in [0.4, 0.5) is 10.5 Å². The first-order valence-corrected chi connectivity index (χ1v) is 11.2. The lowest BCUT2D eigenvalue weighted by Crippen LogP contribution is -2.35. The van der Waals surface area contributed by atoms with Crippen molar-refractivity contribution in [3.63, 3.8) is 0 Å². The number of alkyl carbamates (subject to hydrolysis) is 1. The van der Waals surface area contributed by atoms with Gasteiger partial charge in [0, 0.05) is 18.2 Å². The minimum Gasteiger partial charge on any atom is -0.478 e. The van der Waals surface area contributed by atoms with E-state index in [9.17, 15) is 14.4 Å². The largest absolute Gasteiger partial charge is 0.478 e. The number of hydrogen-bond acceptors (Lipinski definition) is 4. The first-order valence-electron chi connectivity index (χ1n) is 10.8. The van der Waals surface area contributed by atoms with Crippen molar-refractivity contribution in [3.8, 4) is 11.1 Å². The normalized spacial score (nSPS) is 12.9. The van der Waals surface area contributed by atoms with Gasteiger partial charge in [0.25, 0.3) is 0 Å². The number of hydrogen-bond donors (Lipinski definition) is 3. The van der Waals surface area contributed by atoms with Gasteiger partial charge in [0.2, 0.25) is 5.91 Å². The number of aromatic carboxylic acids is 1. The third-order valence-corrected chi connectivity index (χ3v) is 6.14. The second-order valence-corrected chi connectivity index (χ2v) is 8.50. The van der Waals surface area contributed by atoms with Crippen LogP contribution in [0.25, 0.3) is 11.1 Å². The van der Waals surface area contributed by atoms with E-state index in [1.54, 1.807) is 6.92 Å². The van der Waals surface area contributed by atoms with Gasteiger partial charge in [-0.05, 0) is 40.5 Å². The first kappa shape index (κ1) is 23.3. The van der Waals surface area contributed by atoms with Crippen LogP contribution in [0.3, 0.4) is 0 Å². The highest BCUT2D eigenvalue weighted by molar-refractivity contribution is 6.33. The maximum atomic E-state index is 12.4. The van der Waals surface area contributed by atoms with Crippen molar-refractivity contribution < 1.29 is 24.2 Å². The van der Waals surface area contributed by atoms with Gasteiger partial charge < -0.3 is 20.5 Å². The second-order valence-electron chi connectivity index (χ2n) is 8.10. The summed E-state index contributed by atoms with van der Waals surface area (Å²) in [4.78, 5) is 36.0. The summed E-state index contributed by atoms with van der Waals surface area (Å²) in [6.07, 6.45) is -0.610. The van der Waals surface area contributed by atoms with E-state index in [1.807, 2.05) is 36.4 Å². The van der Waals surface area contributed by atoms with E-state index in [1.165, 1.54) is 18.2 Å². The fraction of sp³-hybridized carbons (Fsp3) is 0.192. The molecule has 0 heterocycles. The van der Waals surface area contributed by atoms with Crippen molar-refractivity contribution in [2.24, 2.45) is 5.92 Å². The van der Waals surface area contributed by atoms with Gasteiger partial charge in [0.15, 0.2) is 0 Å². The van der Waals surface area contributed by atoms with E-state index in [0.29, 0.717) is 5.69 Å². The Labute approximate surface area is 201 Å². The smallest absolute Gasteiger partial charge is 0.407 e. The van der Waals surface area contributed by atoms with Crippen LogP contribution in [0.2, 0.25) is 5.02 Å². The van der Waals surface area contributed by atoms with E-state index >= 15 is 0 Å². The molecule has 2 amide bonds. The molecule has 3 N–H and O–H groups in total. The first-order chi connectivity index (χ1) is 16.3. The van der Waals surface area contributed by atoms with Crippen molar-refractivity contribution >= 4 is 35.3 Å². The highest BCUT2D eigenvalue weighted by Crippen LogP contribution is 2.44. The number of carbonyl (C=O) groups is 3. The van der Waals surface area contributed by atoms with E-state index in [2.05, 4.69) is 22.8 Å². The minimum absolute atomic E-state index is 0.0489. The summed E-state index contributed by atoms with van der Waals surface area (Å²) < 4.78 is 5.48. The summed E-state index contributed by atoms with van der Waals surface area (Å²) in [7, 11) is 0. The molecule has 0 radical (unpaired) electrons. The molecule has 0 aromatic heterocycles. The third kappa shape index (κ3) is 4.89. The number of carboxylic acid groups (broad SMARTS) is 1. The number of ether oxygens (including phenoxy) is 1. The zero-order valence-electron chi connectivity index (χ0n) is 18.4. The van der Waals surface area contributed by atoms with Crippen molar-refractivity contribution in [2.75, 3.05) is 18.5 Å². The molecule has 1 aliphatic rings. The van der Waals surface area contributed by atoms with Crippen LogP contribution in [0.1, 0.15) is 34.3 Å². The maximum Gasteiger partial charge on any atom is 0.407 e. The van der Waals surface area contributed by atoms with Crippen molar-refractivity contribution in [2.45, 2.75) is 12.8 Å². The predicted molar refractivity (Wildman–Crippen MR) is 129 cm³/mol. The third-order valence-electron chi connectivity index (χ3n) is 5.81. The molecular formula is C26H23ClN2O5. The lowest BCUT2D eigenvalue weighted by molar-refractivity contribution is -0.119. The molecule has 3 aromatic carbocycles. The number of nitrogens with one attached hydrogen (secondary N) is 2. The van der Waals surface area contributed by atoms with Crippen LogP contribution in [-0.2, 0) is 9.53 Å². The standard InChI is InChI=1S/C26H23ClN2O5/c1-15(24(30)29-16-10-11-23(27)21(12-16)25(31)32)13-28-26(33)34-14-22-19-8-4-2-6-17(19)18-7-3-5-9-20(18)22/h2-12,15,22H,13-14H2,1H3,(H,28,33)(H,29,30)(H,31,32). The lowest BCUT2D eigenvalue weighted by Gasteiger charge is -2.16. The van der Waals surface area contributed by atoms with Gasteiger partial charge in [-0.25, -0.2) is 9.59 Å². The Morgan fingerprint density at radius 2 is 1.62 bits per heavy atom. The molecule has 0 bridgehead atoms. The Balaban J connectivity index is 1.30. The summed E-state index contributed by atoms with van der Waals surface area (Å²) in [5.41, 5.74) is 4.72. The molecule has 3 aromatic rings. The number of halogens is 1.